The molecule has 1 unspecified atom stereocenters. The summed E-state index contributed by atoms with van der Waals surface area (Å²) in [6, 6.07) is 4.11. The van der Waals surface area contributed by atoms with Crippen LogP contribution >= 0.6 is 0 Å². The molecule has 90 valence electrons. The zero-order valence-electron chi connectivity index (χ0n) is 10.5. The molecule has 3 nitrogen and oxygen atoms in total. The Morgan fingerprint density at radius 2 is 1.94 bits per heavy atom. The van der Waals surface area contributed by atoms with Crippen LogP contribution in [-0.2, 0) is 12.8 Å². The lowest BCUT2D eigenvalue weighted by atomic mass is 9.98. The van der Waals surface area contributed by atoms with Crippen LogP contribution in [0.4, 0.5) is 0 Å². The van der Waals surface area contributed by atoms with Gasteiger partial charge in [-0.15, -0.1) is 0 Å². The molecule has 0 saturated carbocycles. The molecule has 2 N–H and O–H groups in total. The molecule has 0 heterocycles. The largest absolute Gasteiger partial charge is 0.497 e. The van der Waals surface area contributed by atoms with Gasteiger partial charge in [-0.3, -0.25) is 0 Å². The summed E-state index contributed by atoms with van der Waals surface area (Å²) in [6.07, 6.45) is 1.78. The van der Waals surface area contributed by atoms with Crippen molar-refractivity contribution in [3.05, 3.63) is 23.3 Å². The highest BCUT2D eigenvalue weighted by Gasteiger charge is 2.11. The van der Waals surface area contributed by atoms with Crippen molar-refractivity contribution in [3.63, 3.8) is 0 Å². The van der Waals surface area contributed by atoms with Crippen LogP contribution in [0.1, 0.15) is 25.0 Å². The number of hydrogen-bond donors (Lipinski definition) is 1. The Labute approximate surface area is 97.6 Å². The maximum Gasteiger partial charge on any atom is 0.126 e. The highest BCUT2D eigenvalue weighted by molar-refractivity contribution is 5.47. The number of nitrogens with two attached hydrogens (primary N) is 1. The first kappa shape index (κ1) is 12.8. The highest BCUT2D eigenvalue weighted by atomic mass is 16.5. The van der Waals surface area contributed by atoms with Gasteiger partial charge in [0, 0.05) is 12.1 Å². The van der Waals surface area contributed by atoms with E-state index in [0.29, 0.717) is 0 Å². The first-order valence-corrected chi connectivity index (χ1v) is 5.61. The standard InChI is InChI=1S/C13H21NO2/c1-5-12-10(6-9(2)14)7-11(15-3)8-13(12)16-4/h7-9H,5-6,14H2,1-4H3. The molecule has 1 aromatic rings. The Morgan fingerprint density at radius 3 is 2.38 bits per heavy atom. The summed E-state index contributed by atoms with van der Waals surface area (Å²) in [6.45, 7) is 4.13. The molecule has 0 saturated heterocycles. The molecule has 0 radical (unpaired) electrons. The lowest BCUT2D eigenvalue weighted by molar-refractivity contribution is 0.390. The van der Waals surface area contributed by atoms with Crippen molar-refractivity contribution in [2.24, 2.45) is 5.73 Å². The molecule has 0 aliphatic heterocycles. The summed E-state index contributed by atoms with van der Waals surface area (Å²) in [5, 5.41) is 0. The molecule has 1 aromatic carbocycles. The Bertz CT molecular complexity index is 348. The third kappa shape index (κ3) is 2.89. The van der Waals surface area contributed by atoms with Gasteiger partial charge in [0.25, 0.3) is 0 Å². The van der Waals surface area contributed by atoms with Gasteiger partial charge in [0.05, 0.1) is 14.2 Å². The fraction of sp³-hybridized carbons (Fsp3) is 0.538. The normalized spacial score (nSPS) is 12.3. The van der Waals surface area contributed by atoms with Crippen LogP contribution in [0.25, 0.3) is 0 Å². The zero-order chi connectivity index (χ0) is 12.1. The van der Waals surface area contributed by atoms with Crippen LogP contribution in [0.15, 0.2) is 12.1 Å². The molecule has 3 heteroatoms. The van der Waals surface area contributed by atoms with Crippen molar-refractivity contribution in [1.82, 2.24) is 0 Å². The average Bonchev–Trinajstić information content (AvgIpc) is 2.27. The van der Waals surface area contributed by atoms with E-state index in [9.17, 15) is 0 Å². The fourth-order valence-electron chi connectivity index (χ4n) is 1.91. The first-order chi connectivity index (χ1) is 7.62. The molecule has 0 bridgehead atoms. The Balaban J connectivity index is 3.19. The van der Waals surface area contributed by atoms with E-state index in [2.05, 4.69) is 6.92 Å². The van der Waals surface area contributed by atoms with E-state index in [0.717, 1.165) is 24.3 Å². The lowest BCUT2D eigenvalue weighted by Crippen LogP contribution is -2.19. The summed E-state index contributed by atoms with van der Waals surface area (Å²) in [5.41, 5.74) is 8.29. The third-order valence-electron chi connectivity index (χ3n) is 2.63. The number of hydrogen-bond acceptors (Lipinski definition) is 3. The number of ether oxygens (including phenoxy) is 2. The Hall–Kier alpha value is -1.22. The first-order valence-electron chi connectivity index (χ1n) is 5.61. The van der Waals surface area contributed by atoms with E-state index in [1.54, 1.807) is 14.2 Å². The topological polar surface area (TPSA) is 44.5 Å². The van der Waals surface area contributed by atoms with Crippen molar-refractivity contribution < 1.29 is 9.47 Å². The van der Waals surface area contributed by atoms with Crippen molar-refractivity contribution in [3.8, 4) is 11.5 Å². The summed E-state index contributed by atoms with van der Waals surface area (Å²) in [5.74, 6) is 1.71. The Morgan fingerprint density at radius 1 is 1.25 bits per heavy atom. The Kier molecular flexibility index (Phi) is 4.62. The van der Waals surface area contributed by atoms with Crippen LogP contribution in [0, 0.1) is 0 Å². The summed E-state index contributed by atoms with van der Waals surface area (Å²) in [7, 11) is 3.35. The van der Waals surface area contributed by atoms with E-state index in [1.807, 2.05) is 19.1 Å². The second kappa shape index (κ2) is 5.75. The minimum Gasteiger partial charge on any atom is -0.497 e. The molecular weight excluding hydrogens is 202 g/mol. The molecule has 0 amide bonds. The van der Waals surface area contributed by atoms with E-state index < -0.39 is 0 Å². The lowest BCUT2D eigenvalue weighted by Gasteiger charge is -2.16. The van der Waals surface area contributed by atoms with Crippen LogP contribution in [-0.4, -0.2) is 20.3 Å². The van der Waals surface area contributed by atoms with Crippen LogP contribution in [0.3, 0.4) is 0 Å². The van der Waals surface area contributed by atoms with Gasteiger partial charge in [-0.1, -0.05) is 6.92 Å². The van der Waals surface area contributed by atoms with Crippen LogP contribution < -0.4 is 15.2 Å². The van der Waals surface area contributed by atoms with Gasteiger partial charge in [0.15, 0.2) is 0 Å². The van der Waals surface area contributed by atoms with Crippen molar-refractivity contribution >= 4 is 0 Å². The second-order valence-electron chi connectivity index (χ2n) is 4.00. The minimum absolute atomic E-state index is 0.141. The fourth-order valence-corrected chi connectivity index (χ4v) is 1.91. The van der Waals surface area contributed by atoms with E-state index in [-0.39, 0.29) is 6.04 Å². The van der Waals surface area contributed by atoms with Gasteiger partial charge in [0.2, 0.25) is 0 Å². The molecule has 1 atom stereocenters. The monoisotopic (exact) mass is 223 g/mol. The van der Waals surface area contributed by atoms with E-state index >= 15 is 0 Å². The highest BCUT2D eigenvalue weighted by Crippen LogP contribution is 2.29. The van der Waals surface area contributed by atoms with Crippen LogP contribution in [0.5, 0.6) is 11.5 Å². The minimum atomic E-state index is 0.141. The van der Waals surface area contributed by atoms with Gasteiger partial charge in [-0.05, 0) is 37.0 Å². The molecule has 0 spiro atoms. The van der Waals surface area contributed by atoms with Crippen molar-refractivity contribution in [2.45, 2.75) is 32.7 Å². The summed E-state index contributed by atoms with van der Waals surface area (Å²) >= 11 is 0. The molecule has 0 aliphatic rings. The van der Waals surface area contributed by atoms with E-state index in [4.69, 9.17) is 15.2 Å². The van der Waals surface area contributed by atoms with Gasteiger partial charge in [0.1, 0.15) is 11.5 Å². The number of methoxy groups -OCH3 is 2. The van der Waals surface area contributed by atoms with E-state index in [1.165, 1.54) is 11.1 Å². The van der Waals surface area contributed by atoms with Gasteiger partial charge < -0.3 is 15.2 Å². The molecular formula is C13H21NO2. The quantitative estimate of drug-likeness (QED) is 0.832. The maximum absolute atomic E-state index is 5.85. The smallest absolute Gasteiger partial charge is 0.126 e. The molecule has 16 heavy (non-hydrogen) atoms. The molecule has 1 rings (SSSR count). The average molecular weight is 223 g/mol. The van der Waals surface area contributed by atoms with Crippen LogP contribution in [0.2, 0.25) is 0 Å². The van der Waals surface area contributed by atoms with Gasteiger partial charge in [-0.2, -0.15) is 0 Å². The summed E-state index contributed by atoms with van der Waals surface area (Å²) in [4.78, 5) is 0. The van der Waals surface area contributed by atoms with Crippen molar-refractivity contribution in [1.29, 1.82) is 0 Å². The predicted molar refractivity (Wildman–Crippen MR) is 66.3 cm³/mol. The predicted octanol–water partition coefficient (Wildman–Crippen LogP) is 2.16. The zero-order valence-corrected chi connectivity index (χ0v) is 10.5. The maximum atomic E-state index is 5.85. The summed E-state index contributed by atoms with van der Waals surface area (Å²) < 4.78 is 10.6. The van der Waals surface area contributed by atoms with Gasteiger partial charge in [-0.25, -0.2) is 0 Å². The molecule has 0 fully saturated rings. The van der Waals surface area contributed by atoms with Gasteiger partial charge >= 0.3 is 0 Å². The molecule has 0 aliphatic carbocycles. The second-order valence-corrected chi connectivity index (χ2v) is 4.00. The number of rotatable bonds is 5. The third-order valence-corrected chi connectivity index (χ3v) is 2.63. The van der Waals surface area contributed by atoms with Crippen molar-refractivity contribution in [2.75, 3.05) is 14.2 Å². The number of benzene rings is 1. The SMILES string of the molecule is CCc1c(CC(C)N)cc(OC)cc1OC. The molecule has 0 aromatic heterocycles.